The summed E-state index contributed by atoms with van der Waals surface area (Å²) < 4.78 is 0. The van der Waals surface area contributed by atoms with Crippen LogP contribution in [0.25, 0.3) is 0 Å². The van der Waals surface area contributed by atoms with Gasteiger partial charge in [0, 0.05) is 13.0 Å². The zero-order chi connectivity index (χ0) is 12.1. The van der Waals surface area contributed by atoms with Crippen molar-refractivity contribution in [2.45, 2.75) is 32.2 Å². The second-order valence-corrected chi connectivity index (χ2v) is 4.59. The van der Waals surface area contributed by atoms with Gasteiger partial charge in [0.2, 0.25) is 5.91 Å². The van der Waals surface area contributed by atoms with Gasteiger partial charge in [0.15, 0.2) is 0 Å². The lowest BCUT2D eigenvalue weighted by atomic mass is 9.83. The van der Waals surface area contributed by atoms with Crippen molar-refractivity contribution in [3.8, 4) is 6.07 Å². The van der Waals surface area contributed by atoms with Crippen LogP contribution in [0.5, 0.6) is 0 Å². The normalized spacial score (nSPS) is 14.8. The summed E-state index contributed by atoms with van der Waals surface area (Å²) in [4.78, 5) is 11.6. The third kappa shape index (κ3) is 3.32. The summed E-state index contributed by atoms with van der Waals surface area (Å²) in [5.74, 6) is 0.745. The fourth-order valence-electron chi connectivity index (χ4n) is 1.93. The van der Waals surface area contributed by atoms with Gasteiger partial charge in [-0.1, -0.05) is 18.6 Å². The Morgan fingerprint density at radius 2 is 2.06 bits per heavy atom. The molecule has 0 spiro atoms. The molecule has 1 aliphatic carbocycles. The fourth-order valence-corrected chi connectivity index (χ4v) is 1.93. The third-order valence-electron chi connectivity index (χ3n) is 3.27. The lowest BCUT2D eigenvalue weighted by Crippen LogP contribution is -2.27. The van der Waals surface area contributed by atoms with Crippen LogP contribution in [0.15, 0.2) is 24.3 Å². The molecule has 17 heavy (non-hydrogen) atoms. The predicted molar refractivity (Wildman–Crippen MR) is 65.0 cm³/mol. The molecule has 3 heteroatoms. The van der Waals surface area contributed by atoms with Crippen LogP contribution in [0, 0.1) is 17.2 Å². The molecule has 0 bridgehead atoms. The zero-order valence-corrected chi connectivity index (χ0v) is 9.78. The quantitative estimate of drug-likeness (QED) is 0.860. The van der Waals surface area contributed by atoms with Gasteiger partial charge in [-0.15, -0.1) is 0 Å². The number of carbonyl (C=O) groups excluding carboxylic acids is 1. The Morgan fingerprint density at radius 3 is 2.59 bits per heavy atom. The number of amides is 1. The smallest absolute Gasteiger partial charge is 0.220 e. The maximum atomic E-state index is 11.6. The van der Waals surface area contributed by atoms with E-state index < -0.39 is 0 Å². The Hall–Kier alpha value is -1.82. The van der Waals surface area contributed by atoms with Crippen molar-refractivity contribution < 1.29 is 4.79 Å². The van der Waals surface area contributed by atoms with Gasteiger partial charge in [0.05, 0.1) is 11.6 Å². The van der Waals surface area contributed by atoms with Crippen LogP contribution in [-0.2, 0) is 11.3 Å². The molecule has 0 aromatic heterocycles. The van der Waals surface area contributed by atoms with Crippen LogP contribution in [0.2, 0.25) is 0 Å². The van der Waals surface area contributed by atoms with Crippen LogP contribution in [0.4, 0.5) is 0 Å². The highest BCUT2D eigenvalue weighted by atomic mass is 16.1. The molecule has 1 aromatic carbocycles. The van der Waals surface area contributed by atoms with E-state index in [0.717, 1.165) is 5.56 Å². The van der Waals surface area contributed by atoms with Crippen molar-refractivity contribution in [2.24, 2.45) is 5.92 Å². The molecule has 1 amide bonds. The van der Waals surface area contributed by atoms with Crippen LogP contribution < -0.4 is 5.32 Å². The molecule has 0 radical (unpaired) electrons. The molecule has 0 heterocycles. The lowest BCUT2D eigenvalue weighted by molar-refractivity contribution is -0.122. The molecule has 0 unspecified atom stereocenters. The minimum absolute atomic E-state index is 0.138. The van der Waals surface area contributed by atoms with E-state index in [1.807, 2.05) is 12.1 Å². The minimum Gasteiger partial charge on any atom is -0.352 e. The van der Waals surface area contributed by atoms with Gasteiger partial charge in [-0.2, -0.15) is 5.26 Å². The maximum absolute atomic E-state index is 11.6. The summed E-state index contributed by atoms with van der Waals surface area (Å²) in [6.45, 7) is 0.553. The largest absolute Gasteiger partial charge is 0.352 e. The van der Waals surface area contributed by atoms with Gasteiger partial charge in [0.25, 0.3) is 0 Å². The average molecular weight is 228 g/mol. The molecule has 1 aromatic rings. The van der Waals surface area contributed by atoms with Gasteiger partial charge >= 0.3 is 0 Å². The Kier molecular flexibility index (Phi) is 3.77. The SMILES string of the molecule is N#Cc1ccc(CNC(=O)CC2CCC2)cc1. The van der Waals surface area contributed by atoms with Crippen molar-refractivity contribution in [1.29, 1.82) is 5.26 Å². The van der Waals surface area contributed by atoms with E-state index in [2.05, 4.69) is 11.4 Å². The van der Waals surface area contributed by atoms with E-state index in [-0.39, 0.29) is 5.91 Å². The summed E-state index contributed by atoms with van der Waals surface area (Å²) in [5.41, 5.74) is 1.68. The van der Waals surface area contributed by atoms with E-state index in [1.165, 1.54) is 19.3 Å². The number of hydrogen-bond donors (Lipinski definition) is 1. The topological polar surface area (TPSA) is 52.9 Å². The fraction of sp³-hybridized carbons (Fsp3) is 0.429. The highest BCUT2D eigenvalue weighted by Crippen LogP contribution is 2.29. The Balaban J connectivity index is 1.76. The summed E-state index contributed by atoms with van der Waals surface area (Å²) in [6, 6.07) is 9.37. The van der Waals surface area contributed by atoms with Crippen molar-refractivity contribution in [3.05, 3.63) is 35.4 Å². The Labute approximate surface area is 101 Å². The number of carbonyl (C=O) groups is 1. The number of nitrogens with zero attached hydrogens (tertiary/aromatic N) is 1. The molecule has 1 N–H and O–H groups in total. The first-order chi connectivity index (χ1) is 8.28. The maximum Gasteiger partial charge on any atom is 0.220 e. The van der Waals surface area contributed by atoms with Gasteiger partial charge < -0.3 is 5.32 Å². The Morgan fingerprint density at radius 1 is 1.35 bits per heavy atom. The van der Waals surface area contributed by atoms with E-state index in [0.29, 0.717) is 24.4 Å². The summed E-state index contributed by atoms with van der Waals surface area (Å²) in [5, 5.41) is 11.6. The number of hydrogen-bond acceptors (Lipinski definition) is 2. The number of benzene rings is 1. The second kappa shape index (κ2) is 5.49. The predicted octanol–water partition coefficient (Wildman–Crippen LogP) is 2.36. The number of rotatable bonds is 4. The Bertz CT molecular complexity index is 427. The first-order valence-electron chi connectivity index (χ1n) is 6.03. The molecule has 1 saturated carbocycles. The van der Waals surface area contributed by atoms with E-state index in [1.54, 1.807) is 12.1 Å². The van der Waals surface area contributed by atoms with Gasteiger partial charge in [0.1, 0.15) is 0 Å². The molecular formula is C14H16N2O. The monoisotopic (exact) mass is 228 g/mol. The van der Waals surface area contributed by atoms with Crippen LogP contribution in [0.3, 0.4) is 0 Å². The van der Waals surface area contributed by atoms with Crippen molar-refractivity contribution in [2.75, 3.05) is 0 Å². The lowest BCUT2D eigenvalue weighted by Gasteiger charge is -2.24. The van der Waals surface area contributed by atoms with Crippen LogP contribution >= 0.6 is 0 Å². The van der Waals surface area contributed by atoms with Gasteiger partial charge in [-0.3, -0.25) is 4.79 Å². The minimum atomic E-state index is 0.138. The first-order valence-corrected chi connectivity index (χ1v) is 6.03. The summed E-state index contributed by atoms with van der Waals surface area (Å²) in [6.07, 6.45) is 4.33. The third-order valence-corrected chi connectivity index (χ3v) is 3.27. The molecule has 0 aliphatic heterocycles. The molecule has 3 nitrogen and oxygen atoms in total. The molecule has 88 valence electrons. The molecule has 0 atom stereocenters. The molecular weight excluding hydrogens is 212 g/mol. The van der Waals surface area contributed by atoms with Gasteiger partial charge in [-0.05, 0) is 36.5 Å². The molecule has 1 fully saturated rings. The highest BCUT2D eigenvalue weighted by molar-refractivity contribution is 5.76. The van der Waals surface area contributed by atoms with E-state index >= 15 is 0 Å². The summed E-state index contributed by atoms with van der Waals surface area (Å²) >= 11 is 0. The standard InChI is InChI=1S/C14H16N2O/c15-9-12-4-6-13(7-5-12)10-16-14(17)8-11-2-1-3-11/h4-7,11H,1-3,8,10H2,(H,16,17). The summed E-state index contributed by atoms with van der Waals surface area (Å²) in [7, 11) is 0. The second-order valence-electron chi connectivity index (χ2n) is 4.59. The highest BCUT2D eigenvalue weighted by Gasteiger charge is 2.20. The number of nitrogens with one attached hydrogen (secondary N) is 1. The van der Waals surface area contributed by atoms with E-state index in [9.17, 15) is 4.79 Å². The van der Waals surface area contributed by atoms with Gasteiger partial charge in [-0.25, -0.2) is 0 Å². The molecule has 0 saturated heterocycles. The van der Waals surface area contributed by atoms with Crippen LogP contribution in [-0.4, -0.2) is 5.91 Å². The molecule has 2 rings (SSSR count). The zero-order valence-electron chi connectivity index (χ0n) is 9.78. The van der Waals surface area contributed by atoms with E-state index in [4.69, 9.17) is 5.26 Å². The number of nitriles is 1. The first kappa shape index (κ1) is 11.7. The van der Waals surface area contributed by atoms with Crippen molar-refractivity contribution in [3.63, 3.8) is 0 Å². The molecule has 1 aliphatic rings. The van der Waals surface area contributed by atoms with Crippen molar-refractivity contribution >= 4 is 5.91 Å². The average Bonchev–Trinajstić information content (AvgIpc) is 2.32. The van der Waals surface area contributed by atoms with Crippen LogP contribution in [0.1, 0.15) is 36.8 Å². The van der Waals surface area contributed by atoms with Crippen molar-refractivity contribution in [1.82, 2.24) is 5.32 Å².